The fourth-order valence-corrected chi connectivity index (χ4v) is 4.60. The molecule has 0 N–H and O–H groups in total. The quantitative estimate of drug-likeness (QED) is 0.556. The molecule has 0 fully saturated rings. The van der Waals surface area contributed by atoms with Crippen LogP contribution in [0.25, 0.3) is 10.8 Å². The molecular formula is C17H21O5P. The Morgan fingerprint density at radius 2 is 1.65 bits per heavy atom. The number of esters is 1. The minimum Gasteiger partial charge on any atom is -0.468 e. The topological polar surface area (TPSA) is 61.8 Å². The molecular weight excluding hydrogens is 315 g/mol. The van der Waals surface area contributed by atoms with E-state index in [0.29, 0.717) is 5.56 Å². The normalized spacial score (nSPS) is 13.0. The van der Waals surface area contributed by atoms with Crippen molar-refractivity contribution in [3.05, 3.63) is 48.0 Å². The van der Waals surface area contributed by atoms with Gasteiger partial charge in [-0.2, -0.15) is 0 Å². The van der Waals surface area contributed by atoms with Gasteiger partial charge in [0, 0.05) is 0 Å². The summed E-state index contributed by atoms with van der Waals surface area (Å²) in [5.41, 5.74) is -0.529. The van der Waals surface area contributed by atoms with E-state index in [0.717, 1.165) is 10.8 Å². The molecule has 23 heavy (non-hydrogen) atoms. The van der Waals surface area contributed by atoms with Crippen LogP contribution in [0.2, 0.25) is 0 Å². The number of hydrogen-bond acceptors (Lipinski definition) is 5. The fourth-order valence-electron chi connectivity index (χ4n) is 2.57. The third kappa shape index (κ3) is 3.63. The Morgan fingerprint density at radius 1 is 1.04 bits per heavy atom. The molecule has 2 aromatic rings. The Labute approximate surface area is 136 Å². The van der Waals surface area contributed by atoms with Crippen LogP contribution in [0.3, 0.4) is 0 Å². The van der Waals surface area contributed by atoms with Gasteiger partial charge in [-0.3, -0.25) is 9.36 Å². The molecule has 0 heterocycles. The van der Waals surface area contributed by atoms with Gasteiger partial charge in [-0.25, -0.2) is 0 Å². The summed E-state index contributed by atoms with van der Waals surface area (Å²) in [6.07, 6.45) is 0. The average molecular weight is 336 g/mol. The van der Waals surface area contributed by atoms with Crippen LogP contribution in [0.5, 0.6) is 0 Å². The smallest absolute Gasteiger partial charge is 0.349 e. The van der Waals surface area contributed by atoms with Gasteiger partial charge in [0.05, 0.1) is 20.3 Å². The molecule has 0 aliphatic rings. The van der Waals surface area contributed by atoms with Crippen LogP contribution in [-0.2, 0) is 23.1 Å². The van der Waals surface area contributed by atoms with E-state index < -0.39 is 19.2 Å². The lowest BCUT2D eigenvalue weighted by atomic mass is 10.0. The number of methoxy groups -OCH3 is 1. The monoisotopic (exact) mass is 336 g/mol. The lowest BCUT2D eigenvalue weighted by Crippen LogP contribution is -2.18. The van der Waals surface area contributed by atoms with Crippen LogP contribution in [-0.4, -0.2) is 26.3 Å². The van der Waals surface area contributed by atoms with Crippen molar-refractivity contribution < 1.29 is 23.1 Å². The van der Waals surface area contributed by atoms with Gasteiger partial charge in [-0.15, -0.1) is 0 Å². The summed E-state index contributed by atoms with van der Waals surface area (Å²) in [6, 6.07) is 13.1. The van der Waals surface area contributed by atoms with Crippen LogP contribution >= 0.6 is 7.60 Å². The molecule has 0 spiro atoms. The molecule has 1 atom stereocenters. The maximum absolute atomic E-state index is 13.2. The minimum atomic E-state index is -3.70. The molecule has 0 aliphatic carbocycles. The van der Waals surface area contributed by atoms with Crippen molar-refractivity contribution in [2.45, 2.75) is 19.5 Å². The van der Waals surface area contributed by atoms with Gasteiger partial charge in [-0.1, -0.05) is 42.5 Å². The average Bonchev–Trinajstić information content (AvgIpc) is 2.55. The Kier molecular flexibility index (Phi) is 5.94. The zero-order chi connectivity index (χ0) is 16.9. The summed E-state index contributed by atoms with van der Waals surface area (Å²) in [6.45, 7) is 3.78. The molecule has 2 aromatic carbocycles. The highest BCUT2D eigenvalue weighted by Crippen LogP contribution is 2.62. The lowest BCUT2D eigenvalue weighted by molar-refractivity contribution is -0.140. The first-order valence-electron chi connectivity index (χ1n) is 7.51. The molecule has 0 radical (unpaired) electrons. The van der Waals surface area contributed by atoms with E-state index in [2.05, 4.69) is 0 Å². The van der Waals surface area contributed by atoms with Crippen molar-refractivity contribution in [1.29, 1.82) is 0 Å². The number of rotatable bonds is 7. The third-order valence-corrected chi connectivity index (χ3v) is 5.83. The summed E-state index contributed by atoms with van der Waals surface area (Å²) in [5, 5.41) is 1.77. The van der Waals surface area contributed by atoms with Crippen molar-refractivity contribution in [2.75, 3.05) is 20.3 Å². The zero-order valence-corrected chi connectivity index (χ0v) is 14.4. The predicted molar refractivity (Wildman–Crippen MR) is 89.6 cm³/mol. The molecule has 124 valence electrons. The number of fused-ring (bicyclic) bond motifs is 1. The van der Waals surface area contributed by atoms with Crippen molar-refractivity contribution >= 4 is 24.3 Å². The first-order chi connectivity index (χ1) is 11.1. The summed E-state index contributed by atoms with van der Waals surface area (Å²) < 4.78 is 28.9. The molecule has 0 aliphatic heterocycles. The summed E-state index contributed by atoms with van der Waals surface area (Å²) in [4.78, 5) is 12.4. The van der Waals surface area contributed by atoms with Crippen LogP contribution in [0, 0.1) is 0 Å². The largest absolute Gasteiger partial charge is 0.468 e. The summed E-state index contributed by atoms with van der Waals surface area (Å²) in [5.74, 6) is -0.633. The first kappa shape index (κ1) is 17.7. The molecule has 0 saturated carbocycles. The number of carbonyl (C=O) groups excluding carboxylic acids is 1. The van der Waals surface area contributed by atoms with E-state index in [9.17, 15) is 9.36 Å². The highest BCUT2D eigenvalue weighted by atomic mass is 31.2. The molecule has 6 heteroatoms. The number of carbonyl (C=O) groups is 1. The number of hydrogen-bond donors (Lipinski definition) is 0. The Hall–Kier alpha value is -1.68. The zero-order valence-electron chi connectivity index (χ0n) is 13.5. The molecule has 0 aromatic heterocycles. The number of benzene rings is 2. The summed E-state index contributed by atoms with van der Waals surface area (Å²) in [7, 11) is -2.44. The Morgan fingerprint density at radius 3 is 2.26 bits per heavy atom. The molecule has 2 rings (SSSR count). The second-order valence-corrected chi connectivity index (χ2v) is 6.98. The van der Waals surface area contributed by atoms with E-state index in [-0.39, 0.29) is 13.2 Å². The van der Waals surface area contributed by atoms with E-state index >= 15 is 0 Å². The number of ether oxygens (including phenoxy) is 1. The van der Waals surface area contributed by atoms with Gasteiger partial charge in [0.1, 0.15) is 0 Å². The van der Waals surface area contributed by atoms with Crippen molar-refractivity contribution in [3.8, 4) is 0 Å². The van der Waals surface area contributed by atoms with E-state index in [1.165, 1.54) is 7.11 Å². The van der Waals surface area contributed by atoms with Crippen molar-refractivity contribution in [1.82, 2.24) is 0 Å². The van der Waals surface area contributed by atoms with E-state index in [1.807, 2.05) is 36.4 Å². The third-order valence-electron chi connectivity index (χ3n) is 3.48. The van der Waals surface area contributed by atoms with Crippen LogP contribution in [0.1, 0.15) is 25.1 Å². The first-order valence-corrected chi connectivity index (χ1v) is 9.12. The van der Waals surface area contributed by atoms with Gasteiger partial charge in [-0.05, 0) is 30.2 Å². The maximum atomic E-state index is 13.2. The Balaban J connectivity index is 2.66. The highest BCUT2D eigenvalue weighted by Gasteiger charge is 2.44. The standard InChI is InChI=1S/C17H21O5P/c1-4-21-23(19,22-5-2)16(17(18)20-3)15-12-8-10-13-9-6-7-11-14(13)15/h6-12,16H,4-5H2,1-3H3/t16-/m0/s1. The SMILES string of the molecule is CCOP(=O)(OCC)[C@H](C(=O)OC)c1cccc2ccccc12. The van der Waals surface area contributed by atoms with Gasteiger partial charge >= 0.3 is 13.6 Å². The molecule has 5 nitrogen and oxygen atoms in total. The van der Waals surface area contributed by atoms with Crippen LogP contribution < -0.4 is 0 Å². The summed E-state index contributed by atoms with van der Waals surface area (Å²) >= 11 is 0. The van der Waals surface area contributed by atoms with Gasteiger partial charge in [0.2, 0.25) is 0 Å². The fraction of sp³-hybridized carbons (Fsp3) is 0.353. The van der Waals surface area contributed by atoms with Gasteiger partial charge in [0.15, 0.2) is 5.66 Å². The van der Waals surface area contributed by atoms with Gasteiger partial charge in [0.25, 0.3) is 0 Å². The molecule has 0 unspecified atom stereocenters. The Bertz CT molecular complexity index is 713. The second-order valence-electron chi connectivity index (χ2n) is 4.87. The predicted octanol–water partition coefficient (Wildman–Crippen LogP) is 4.32. The van der Waals surface area contributed by atoms with Gasteiger partial charge < -0.3 is 13.8 Å². The minimum absolute atomic E-state index is 0.176. The highest BCUT2D eigenvalue weighted by molar-refractivity contribution is 7.55. The van der Waals surface area contributed by atoms with Crippen molar-refractivity contribution in [2.24, 2.45) is 0 Å². The molecule has 0 bridgehead atoms. The maximum Gasteiger partial charge on any atom is 0.349 e. The second kappa shape index (κ2) is 7.73. The van der Waals surface area contributed by atoms with E-state index in [1.54, 1.807) is 19.9 Å². The lowest BCUT2D eigenvalue weighted by Gasteiger charge is -2.25. The van der Waals surface area contributed by atoms with Crippen LogP contribution in [0.4, 0.5) is 0 Å². The molecule has 0 amide bonds. The molecule has 0 saturated heterocycles. The van der Waals surface area contributed by atoms with E-state index in [4.69, 9.17) is 13.8 Å². The van der Waals surface area contributed by atoms with Crippen molar-refractivity contribution in [3.63, 3.8) is 0 Å². The van der Waals surface area contributed by atoms with Crippen LogP contribution in [0.15, 0.2) is 42.5 Å².